The Bertz CT molecular complexity index is 992. The Labute approximate surface area is 180 Å². The molecule has 0 bridgehead atoms. The van der Waals surface area contributed by atoms with Gasteiger partial charge in [-0.25, -0.2) is 4.79 Å². The van der Waals surface area contributed by atoms with Gasteiger partial charge in [0.2, 0.25) is 0 Å². The number of hydrogen-bond donors (Lipinski definition) is 1. The quantitative estimate of drug-likeness (QED) is 0.581. The van der Waals surface area contributed by atoms with Crippen LogP contribution in [-0.2, 0) is 4.74 Å². The van der Waals surface area contributed by atoms with Crippen LogP contribution in [0.1, 0.15) is 41.2 Å². The van der Waals surface area contributed by atoms with Crippen LogP contribution in [0.4, 0.5) is 4.79 Å². The summed E-state index contributed by atoms with van der Waals surface area (Å²) in [4.78, 5) is 33.1. The summed E-state index contributed by atoms with van der Waals surface area (Å²) in [6.07, 6.45) is 3.45. The van der Waals surface area contributed by atoms with Crippen LogP contribution in [0.5, 0.6) is 0 Å². The summed E-state index contributed by atoms with van der Waals surface area (Å²) in [7, 11) is 0. The highest BCUT2D eigenvalue weighted by atomic mass is 35.5. The van der Waals surface area contributed by atoms with Crippen molar-refractivity contribution in [1.29, 1.82) is 0 Å². The third-order valence-electron chi connectivity index (χ3n) is 5.51. The molecule has 1 aliphatic heterocycles. The normalized spacial score (nSPS) is 19.1. The van der Waals surface area contributed by atoms with Crippen LogP contribution in [0.2, 0.25) is 5.02 Å². The number of piperazine rings is 1. The van der Waals surface area contributed by atoms with Gasteiger partial charge in [-0.1, -0.05) is 23.7 Å². The highest BCUT2D eigenvalue weighted by Gasteiger charge is 2.32. The van der Waals surface area contributed by atoms with Crippen molar-refractivity contribution in [2.45, 2.75) is 31.3 Å². The molecule has 1 saturated carbocycles. The number of fused-ring (bicyclic) bond motifs is 1. The number of rotatable bonds is 5. The first-order valence-corrected chi connectivity index (χ1v) is 10.5. The number of nitrogens with two attached hydrogens (primary N) is 1. The molecule has 2 N–H and O–H groups in total. The van der Waals surface area contributed by atoms with E-state index in [1.54, 1.807) is 23.1 Å². The molecule has 158 valence electrons. The zero-order valence-electron chi connectivity index (χ0n) is 16.7. The maximum absolute atomic E-state index is 13.1. The minimum Gasteiger partial charge on any atom is -0.449 e. The molecule has 4 rings (SSSR count). The van der Waals surface area contributed by atoms with Crippen molar-refractivity contribution < 1.29 is 14.3 Å². The highest BCUT2D eigenvalue weighted by molar-refractivity contribution is 6.35. The molecule has 2 aliphatic rings. The van der Waals surface area contributed by atoms with Gasteiger partial charge in [0.25, 0.3) is 5.91 Å². The van der Waals surface area contributed by atoms with Crippen molar-refractivity contribution in [2.75, 3.05) is 26.2 Å². The van der Waals surface area contributed by atoms with Gasteiger partial charge in [0.1, 0.15) is 6.17 Å². The lowest BCUT2D eigenvalue weighted by Gasteiger charge is -2.38. The summed E-state index contributed by atoms with van der Waals surface area (Å²) in [6, 6.07) is 7.31. The van der Waals surface area contributed by atoms with E-state index in [1.807, 2.05) is 12.1 Å². The zero-order valence-corrected chi connectivity index (χ0v) is 17.5. The lowest BCUT2D eigenvalue weighted by Crippen LogP contribution is -2.60. The molecule has 2 aromatic rings. The number of carbonyl (C=O) groups excluding carboxylic acids is 2. The predicted molar refractivity (Wildman–Crippen MR) is 115 cm³/mol. The van der Waals surface area contributed by atoms with E-state index in [2.05, 4.69) is 6.58 Å². The average Bonchev–Trinajstić information content (AvgIpc) is 3.58. The van der Waals surface area contributed by atoms with Crippen molar-refractivity contribution in [3.05, 3.63) is 53.2 Å². The molecule has 0 unspecified atom stereocenters. The van der Waals surface area contributed by atoms with Crippen LogP contribution in [-0.4, -0.2) is 59.2 Å². The zero-order chi connectivity index (χ0) is 21.3. The van der Waals surface area contributed by atoms with Crippen LogP contribution in [0.15, 0.2) is 36.9 Å². The van der Waals surface area contributed by atoms with E-state index in [9.17, 15) is 9.59 Å². The summed E-state index contributed by atoms with van der Waals surface area (Å²) < 4.78 is 5.18. The van der Waals surface area contributed by atoms with Gasteiger partial charge in [-0.15, -0.1) is 6.58 Å². The van der Waals surface area contributed by atoms with Gasteiger partial charge in [-0.2, -0.15) is 0 Å². The van der Waals surface area contributed by atoms with E-state index in [0.717, 1.165) is 29.4 Å². The molecule has 30 heavy (non-hydrogen) atoms. The van der Waals surface area contributed by atoms with Gasteiger partial charge in [-0.3, -0.25) is 14.7 Å². The monoisotopic (exact) mass is 428 g/mol. The third-order valence-corrected chi connectivity index (χ3v) is 5.82. The molecule has 1 atom stereocenters. The van der Waals surface area contributed by atoms with Crippen LogP contribution in [0.3, 0.4) is 0 Å². The summed E-state index contributed by atoms with van der Waals surface area (Å²) in [5.41, 5.74) is 8.39. The summed E-state index contributed by atoms with van der Waals surface area (Å²) >= 11 is 6.42. The molecule has 2 heterocycles. The van der Waals surface area contributed by atoms with Crippen molar-refractivity contribution in [1.82, 2.24) is 14.8 Å². The van der Waals surface area contributed by atoms with E-state index < -0.39 is 12.3 Å². The summed E-state index contributed by atoms with van der Waals surface area (Å²) in [6.45, 7) is 4.81. The number of carbonyl (C=O) groups is 2. The van der Waals surface area contributed by atoms with Gasteiger partial charge in [-0.05, 0) is 37.5 Å². The number of amides is 2. The van der Waals surface area contributed by atoms with Crippen LogP contribution in [0.25, 0.3) is 10.9 Å². The fraction of sp³-hybridized carbons (Fsp3) is 0.409. The first-order valence-electron chi connectivity index (χ1n) is 10.2. The van der Waals surface area contributed by atoms with Crippen molar-refractivity contribution in [3.63, 3.8) is 0 Å². The van der Waals surface area contributed by atoms with Crippen molar-refractivity contribution in [3.8, 4) is 0 Å². The number of pyridine rings is 1. The number of hydrogen-bond acceptors (Lipinski definition) is 5. The molecule has 2 fully saturated rings. The maximum Gasteiger partial charge on any atom is 0.411 e. The Morgan fingerprint density at radius 2 is 2.10 bits per heavy atom. The summed E-state index contributed by atoms with van der Waals surface area (Å²) in [5.74, 6) is 0.338. The predicted octanol–water partition coefficient (Wildman–Crippen LogP) is 3.52. The lowest BCUT2D eigenvalue weighted by atomic mass is 10.1. The van der Waals surface area contributed by atoms with Crippen molar-refractivity contribution >= 4 is 34.5 Å². The van der Waals surface area contributed by atoms with E-state index in [0.29, 0.717) is 36.0 Å². The second-order valence-electron chi connectivity index (χ2n) is 7.74. The van der Waals surface area contributed by atoms with Crippen LogP contribution >= 0.6 is 11.6 Å². The van der Waals surface area contributed by atoms with Gasteiger partial charge in [0.15, 0.2) is 0 Å². The SMILES string of the molecule is C=CCCOC(=O)N1CCN(C(=O)c2ccc3c(Cl)cc(C4CC4)nc3c2)C[C@H]1N. The molecule has 7 nitrogen and oxygen atoms in total. The molecule has 2 amide bonds. The molecule has 1 saturated heterocycles. The minimum atomic E-state index is -0.617. The topological polar surface area (TPSA) is 88.8 Å². The minimum absolute atomic E-state index is 0.137. The highest BCUT2D eigenvalue weighted by Crippen LogP contribution is 2.41. The Hall–Kier alpha value is -2.64. The molecular weight excluding hydrogens is 404 g/mol. The van der Waals surface area contributed by atoms with Gasteiger partial charge < -0.3 is 15.4 Å². The Balaban J connectivity index is 1.46. The second kappa shape index (κ2) is 8.62. The first-order chi connectivity index (χ1) is 14.5. The molecule has 1 aliphatic carbocycles. The smallest absolute Gasteiger partial charge is 0.411 e. The molecule has 0 spiro atoms. The molecule has 0 radical (unpaired) electrons. The molecule has 1 aromatic heterocycles. The molecule has 1 aromatic carbocycles. The Kier molecular flexibility index (Phi) is 5.92. The first kappa shape index (κ1) is 20.6. The maximum atomic E-state index is 13.1. The van der Waals surface area contributed by atoms with Gasteiger partial charge >= 0.3 is 6.09 Å². The largest absolute Gasteiger partial charge is 0.449 e. The average molecular weight is 429 g/mol. The van der Waals surface area contributed by atoms with Gasteiger partial charge in [0.05, 0.1) is 23.7 Å². The number of aromatic nitrogens is 1. The fourth-order valence-electron chi connectivity index (χ4n) is 3.64. The molecular formula is C22H25ClN4O3. The fourth-order valence-corrected chi connectivity index (χ4v) is 3.91. The number of nitrogens with zero attached hydrogens (tertiary/aromatic N) is 3. The van der Waals surface area contributed by atoms with Crippen molar-refractivity contribution in [2.24, 2.45) is 5.73 Å². The van der Waals surface area contributed by atoms with Crippen LogP contribution < -0.4 is 5.73 Å². The Morgan fingerprint density at radius 3 is 2.80 bits per heavy atom. The van der Waals surface area contributed by atoms with E-state index >= 15 is 0 Å². The second-order valence-corrected chi connectivity index (χ2v) is 8.15. The Morgan fingerprint density at radius 1 is 1.30 bits per heavy atom. The van der Waals surface area contributed by atoms with Crippen LogP contribution in [0, 0.1) is 0 Å². The van der Waals surface area contributed by atoms with E-state index in [-0.39, 0.29) is 19.1 Å². The molecule has 8 heteroatoms. The summed E-state index contributed by atoms with van der Waals surface area (Å²) in [5, 5.41) is 1.49. The number of halogens is 1. The van der Waals surface area contributed by atoms with Gasteiger partial charge in [0, 0.05) is 35.7 Å². The number of ether oxygens (including phenoxy) is 1. The van der Waals surface area contributed by atoms with E-state index in [4.69, 9.17) is 27.1 Å². The standard InChI is InChI=1S/C22H25ClN4O3/c1-2-3-10-30-22(29)27-9-8-26(13-20(27)24)21(28)15-6-7-16-17(23)12-18(14-4-5-14)25-19(16)11-15/h2,6-7,11-12,14,20H,1,3-5,8-10,13,24H2/t20-/m0/s1. The number of benzene rings is 1. The third kappa shape index (κ3) is 4.27. The lowest BCUT2D eigenvalue weighted by molar-refractivity contribution is 0.0394. The van der Waals surface area contributed by atoms with E-state index in [1.165, 1.54) is 4.90 Å².